The van der Waals surface area contributed by atoms with E-state index in [9.17, 15) is 23.3 Å². The molecule has 2 rings (SSSR count). The van der Waals surface area contributed by atoms with E-state index in [1.165, 1.54) is 30.9 Å². The maximum absolute atomic E-state index is 12.6. The average molecular weight is 395 g/mol. The molecule has 0 unspecified atom stereocenters. The first-order chi connectivity index (χ1) is 12.7. The number of sulfonamides is 1. The van der Waals surface area contributed by atoms with Gasteiger partial charge < -0.3 is 5.32 Å². The lowest BCUT2D eigenvalue weighted by atomic mass is 10.2. The van der Waals surface area contributed by atoms with Crippen molar-refractivity contribution in [2.45, 2.75) is 25.5 Å². The fourth-order valence-electron chi connectivity index (χ4n) is 2.59. The third-order valence-corrected chi connectivity index (χ3v) is 5.19. The molecular formula is C16H21N5O5S. The van der Waals surface area contributed by atoms with E-state index >= 15 is 0 Å². The Morgan fingerprint density at radius 3 is 2.44 bits per heavy atom. The standard InChI is InChI=1S/C16H21N5O5S/c1-4-5-13-14(21(23)24)15(20(3)19-13)16(22)18-12-8-6-11(7-9-12)10-27(25,26)17-2/h6-9,17H,4-5,10H2,1-3H3,(H,18,22). The van der Waals surface area contributed by atoms with E-state index < -0.39 is 20.9 Å². The Balaban J connectivity index is 2.24. The minimum Gasteiger partial charge on any atom is -0.320 e. The largest absolute Gasteiger partial charge is 0.323 e. The Hall–Kier alpha value is -2.79. The molecule has 1 aromatic carbocycles. The zero-order valence-electron chi connectivity index (χ0n) is 15.2. The summed E-state index contributed by atoms with van der Waals surface area (Å²) in [4.78, 5) is 23.4. The van der Waals surface area contributed by atoms with E-state index in [1.54, 1.807) is 12.1 Å². The third-order valence-electron chi connectivity index (χ3n) is 3.86. The summed E-state index contributed by atoms with van der Waals surface area (Å²) in [7, 11) is -0.589. The van der Waals surface area contributed by atoms with Gasteiger partial charge in [0, 0.05) is 12.7 Å². The van der Waals surface area contributed by atoms with Gasteiger partial charge >= 0.3 is 5.69 Å². The van der Waals surface area contributed by atoms with Crippen LogP contribution in [0.15, 0.2) is 24.3 Å². The van der Waals surface area contributed by atoms with Gasteiger partial charge in [0.05, 0.1) is 10.7 Å². The molecule has 1 heterocycles. The third kappa shape index (κ3) is 4.89. The van der Waals surface area contributed by atoms with Crippen LogP contribution in [0, 0.1) is 10.1 Å². The maximum atomic E-state index is 12.6. The summed E-state index contributed by atoms with van der Waals surface area (Å²) >= 11 is 0. The van der Waals surface area contributed by atoms with Crippen molar-refractivity contribution in [2.24, 2.45) is 7.05 Å². The summed E-state index contributed by atoms with van der Waals surface area (Å²) in [6.07, 6.45) is 1.06. The molecule has 10 nitrogen and oxygen atoms in total. The molecule has 0 saturated heterocycles. The first kappa shape index (κ1) is 20.5. The van der Waals surface area contributed by atoms with Crippen molar-refractivity contribution in [1.29, 1.82) is 0 Å². The lowest BCUT2D eigenvalue weighted by Crippen LogP contribution is -2.20. The number of nitrogens with one attached hydrogen (secondary N) is 2. The Morgan fingerprint density at radius 2 is 1.93 bits per heavy atom. The fraction of sp³-hybridized carbons (Fsp3) is 0.375. The van der Waals surface area contributed by atoms with Crippen LogP contribution in [0.2, 0.25) is 0 Å². The minimum atomic E-state index is -3.40. The molecule has 0 radical (unpaired) electrons. The van der Waals surface area contributed by atoms with Crippen molar-refractivity contribution in [2.75, 3.05) is 12.4 Å². The van der Waals surface area contributed by atoms with Gasteiger partial charge in [0.1, 0.15) is 5.69 Å². The highest BCUT2D eigenvalue weighted by molar-refractivity contribution is 7.88. The number of nitrogens with zero attached hydrogens (tertiary/aromatic N) is 3. The number of carbonyl (C=O) groups is 1. The van der Waals surface area contributed by atoms with E-state index in [4.69, 9.17) is 0 Å². The summed E-state index contributed by atoms with van der Waals surface area (Å²) in [6.45, 7) is 1.87. The van der Waals surface area contributed by atoms with E-state index in [0.29, 0.717) is 24.1 Å². The number of nitro groups is 1. The number of amides is 1. The fourth-order valence-corrected chi connectivity index (χ4v) is 3.36. The van der Waals surface area contributed by atoms with Gasteiger partial charge in [0.25, 0.3) is 5.91 Å². The van der Waals surface area contributed by atoms with E-state index in [1.807, 2.05) is 6.92 Å². The minimum absolute atomic E-state index is 0.134. The van der Waals surface area contributed by atoms with Crippen molar-refractivity contribution in [1.82, 2.24) is 14.5 Å². The lowest BCUT2D eigenvalue weighted by molar-refractivity contribution is -0.385. The molecule has 0 aliphatic carbocycles. The van der Waals surface area contributed by atoms with Gasteiger partial charge in [0.15, 0.2) is 0 Å². The molecule has 0 fully saturated rings. The highest BCUT2D eigenvalue weighted by Gasteiger charge is 2.30. The Morgan fingerprint density at radius 1 is 1.30 bits per heavy atom. The number of aromatic nitrogens is 2. The molecule has 27 heavy (non-hydrogen) atoms. The number of aryl methyl sites for hydroxylation is 2. The first-order valence-corrected chi connectivity index (χ1v) is 9.85. The van der Waals surface area contributed by atoms with Gasteiger partial charge in [-0.15, -0.1) is 0 Å². The Kier molecular flexibility index (Phi) is 6.28. The monoisotopic (exact) mass is 395 g/mol. The molecule has 2 N–H and O–H groups in total. The molecule has 1 amide bonds. The van der Waals surface area contributed by atoms with Gasteiger partial charge in [-0.3, -0.25) is 19.6 Å². The van der Waals surface area contributed by atoms with Crippen LogP contribution in [0.25, 0.3) is 0 Å². The highest BCUT2D eigenvalue weighted by atomic mass is 32.2. The van der Waals surface area contributed by atoms with Crippen LogP contribution in [0.3, 0.4) is 0 Å². The smallest absolute Gasteiger partial charge is 0.320 e. The molecule has 0 spiro atoms. The van der Waals surface area contributed by atoms with Gasteiger partial charge in [-0.2, -0.15) is 5.10 Å². The summed E-state index contributed by atoms with van der Waals surface area (Å²) in [6, 6.07) is 6.19. The highest BCUT2D eigenvalue weighted by Crippen LogP contribution is 2.25. The molecular weight excluding hydrogens is 374 g/mol. The van der Waals surface area contributed by atoms with Crippen LogP contribution in [-0.4, -0.2) is 36.1 Å². The topological polar surface area (TPSA) is 136 Å². The molecule has 11 heteroatoms. The SMILES string of the molecule is CCCc1nn(C)c(C(=O)Nc2ccc(CS(=O)(=O)NC)cc2)c1[N+](=O)[O-]. The number of rotatable bonds is 8. The van der Waals surface area contributed by atoms with Crippen LogP contribution in [-0.2, 0) is 29.2 Å². The van der Waals surface area contributed by atoms with Crippen molar-refractivity contribution in [3.63, 3.8) is 0 Å². The second kappa shape index (κ2) is 8.27. The van der Waals surface area contributed by atoms with Crippen LogP contribution in [0.5, 0.6) is 0 Å². The predicted molar refractivity (Wildman–Crippen MR) is 99.9 cm³/mol. The van der Waals surface area contributed by atoms with Crippen molar-refractivity contribution in [3.8, 4) is 0 Å². The van der Waals surface area contributed by atoms with E-state index in [0.717, 1.165) is 0 Å². The van der Waals surface area contributed by atoms with Gasteiger partial charge in [-0.25, -0.2) is 13.1 Å². The average Bonchev–Trinajstić information content (AvgIpc) is 2.93. The van der Waals surface area contributed by atoms with Gasteiger partial charge in [-0.1, -0.05) is 25.5 Å². The zero-order valence-corrected chi connectivity index (χ0v) is 16.0. The number of carbonyl (C=O) groups excluding carboxylic acids is 1. The second-order valence-corrected chi connectivity index (χ2v) is 7.82. The normalized spacial score (nSPS) is 11.4. The molecule has 2 aromatic rings. The number of benzene rings is 1. The number of anilines is 1. The summed E-state index contributed by atoms with van der Waals surface area (Å²) in [5.74, 6) is -0.847. The van der Waals surface area contributed by atoms with E-state index in [2.05, 4.69) is 15.1 Å². The molecule has 0 bridgehead atoms. The van der Waals surface area contributed by atoms with Crippen LogP contribution in [0.1, 0.15) is 35.1 Å². The zero-order chi connectivity index (χ0) is 20.2. The maximum Gasteiger partial charge on any atom is 0.323 e. The molecule has 0 atom stereocenters. The summed E-state index contributed by atoms with van der Waals surface area (Å²) < 4.78 is 26.5. The van der Waals surface area contributed by atoms with Crippen LogP contribution < -0.4 is 10.0 Å². The quantitative estimate of drug-likeness (QED) is 0.514. The lowest BCUT2D eigenvalue weighted by Gasteiger charge is -2.07. The Labute approximate surface area is 156 Å². The second-order valence-electron chi connectivity index (χ2n) is 5.89. The molecule has 0 saturated carbocycles. The summed E-state index contributed by atoms with van der Waals surface area (Å²) in [5.41, 5.74) is 0.763. The van der Waals surface area contributed by atoms with Gasteiger partial charge in [0.2, 0.25) is 15.7 Å². The molecule has 1 aromatic heterocycles. The predicted octanol–water partition coefficient (Wildman–Crippen LogP) is 1.58. The first-order valence-electron chi connectivity index (χ1n) is 8.20. The Bertz CT molecular complexity index is 950. The van der Waals surface area contributed by atoms with Crippen LogP contribution >= 0.6 is 0 Å². The van der Waals surface area contributed by atoms with Crippen molar-refractivity contribution in [3.05, 3.63) is 51.3 Å². The number of hydrogen-bond donors (Lipinski definition) is 2. The number of hydrogen-bond acceptors (Lipinski definition) is 6. The molecule has 146 valence electrons. The van der Waals surface area contributed by atoms with Crippen molar-refractivity contribution < 1.29 is 18.1 Å². The summed E-state index contributed by atoms with van der Waals surface area (Å²) in [5, 5.41) is 18.1. The van der Waals surface area contributed by atoms with Crippen LogP contribution in [0.4, 0.5) is 11.4 Å². The van der Waals surface area contributed by atoms with E-state index in [-0.39, 0.29) is 22.8 Å². The van der Waals surface area contributed by atoms with Crippen molar-refractivity contribution >= 4 is 27.3 Å². The van der Waals surface area contributed by atoms with Gasteiger partial charge in [-0.05, 0) is 31.2 Å². The molecule has 0 aliphatic heterocycles. The molecule has 0 aliphatic rings.